The van der Waals surface area contributed by atoms with Gasteiger partial charge in [-0.05, 0) is 49.6 Å². The lowest BCUT2D eigenvalue weighted by Crippen LogP contribution is -2.26. The Kier molecular flexibility index (Phi) is 4.27. The van der Waals surface area contributed by atoms with Gasteiger partial charge in [0.25, 0.3) is 0 Å². The van der Waals surface area contributed by atoms with Crippen LogP contribution in [-0.2, 0) is 16.6 Å². The summed E-state index contributed by atoms with van der Waals surface area (Å²) in [5.41, 5.74) is 0.786. The van der Waals surface area contributed by atoms with Crippen molar-refractivity contribution in [3.63, 3.8) is 0 Å². The summed E-state index contributed by atoms with van der Waals surface area (Å²) >= 11 is 6.01. The van der Waals surface area contributed by atoms with Crippen molar-refractivity contribution >= 4 is 21.6 Å². The molecule has 0 bridgehead atoms. The minimum atomic E-state index is -3.41. The van der Waals surface area contributed by atoms with E-state index in [0.717, 1.165) is 18.4 Å². The van der Waals surface area contributed by atoms with Gasteiger partial charge in [0.1, 0.15) is 0 Å². The Hall–Kier alpha value is -0.620. The fourth-order valence-electron chi connectivity index (χ4n) is 1.68. The van der Waals surface area contributed by atoms with Crippen LogP contribution in [0.3, 0.4) is 0 Å². The molecule has 18 heavy (non-hydrogen) atoms. The molecular formula is C12H17ClN2O2S. The third kappa shape index (κ3) is 3.45. The van der Waals surface area contributed by atoms with Crippen LogP contribution in [0.1, 0.15) is 18.4 Å². The molecule has 0 radical (unpaired) electrons. The Morgan fingerprint density at radius 1 is 1.39 bits per heavy atom. The molecule has 1 aromatic rings. The first-order valence-corrected chi connectivity index (χ1v) is 7.82. The molecule has 0 atom stereocenters. The topological polar surface area (TPSA) is 58.2 Å². The molecular weight excluding hydrogens is 272 g/mol. The van der Waals surface area contributed by atoms with E-state index in [1.54, 1.807) is 19.2 Å². The van der Waals surface area contributed by atoms with Gasteiger partial charge in [0, 0.05) is 18.1 Å². The van der Waals surface area contributed by atoms with E-state index in [1.807, 2.05) is 0 Å². The molecule has 100 valence electrons. The monoisotopic (exact) mass is 288 g/mol. The minimum absolute atomic E-state index is 0.276. The fourth-order valence-corrected chi connectivity index (χ4v) is 3.03. The van der Waals surface area contributed by atoms with Gasteiger partial charge in [-0.3, -0.25) is 0 Å². The molecule has 0 aromatic heterocycles. The Labute approximate surface area is 113 Å². The average molecular weight is 289 g/mol. The van der Waals surface area contributed by atoms with Crippen LogP contribution < -0.4 is 10.0 Å². The number of rotatable bonds is 6. The van der Waals surface area contributed by atoms with E-state index < -0.39 is 10.0 Å². The average Bonchev–Trinajstić information content (AvgIpc) is 3.13. The van der Waals surface area contributed by atoms with Gasteiger partial charge in [0.15, 0.2) is 0 Å². The van der Waals surface area contributed by atoms with Gasteiger partial charge < -0.3 is 5.32 Å². The number of hydrogen-bond donors (Lipinski definition) is 2. The largest absolute Gasteiger partial charge is 0.316 e. The Bertz CT molecular complexity index is 527. The molecule has 0 spiro atoms. The lowest BCUT2D eigenvalue weighted by Gasteiger charge is -2.09. The SMILES string of the molecule is CNCc1cc(S(=O)(=O)NCC2CC2)ccc1Cl. The molecule has 1 aliphatic carbocycles. The summed E-state index contributed by atoms with van der Waals surface area (Å²) in [4.78, 5) is 0.276. The Balaban J connectivity index is 2.17. The number of sulfonamides is 1. The second kappa shape index (κ2) is 5.57. The zero-order valence-electron chi connectivity index (χ0n) is 10.2. The van der Waals surface area contributed by atoms with Crippen molar-refractivity contribution in [1.29, 1.82) is 0 Å². The van der Waals surface area contributed by atoms with Gasteiger partial charge in [-0.25, -0.2) is 13.1 Å². The van der Waals surface area contributed by atoms with Gasteiger partial charge in [-0.2, -0.15) is 0 Å². The first-order valence-electron chi connectivity index (χ1n) is 5.95. The second-order valence-electron chi connectivity index (χ2n) is 4.58. The lowest BCUT2D eigenvalue weighted by atomic mass is 10.2. The molecule has 0 amide bonds. The highest BCUT2D eigenvalue weighted by molar-refractivity contribution is 7.89. The molecule has 0 aliphatic heterocycles. The zero-order chi connectivity index (χ0) is 13.2. The summed E-state index contributed by atoms with van der Waals surface area (Å²) in [6, 6.07) is 4.78. The Morgan fingerprint density at radius 3 is 2.72 bits per heavy atom. The van der Waals surface area contributed by atoms with Crippen LogP contribution >= 0.6 is 11.6 Å². The van der Waals surface area contributed by atoms with Gasteiger partial charge in [-0.15, -0.1) is 0 Å². The molecule has 4 nitrogen and oxygen atoms in total. The smallest absolute Gasteiger partial charge is 0.240 e. The van der Waals surface area contributed by atoms with Gasteiger partial charge >= 0.3 is 0 Å². The summed E-state index contributed by atoms with van der Waals surface area (Å²) in [6.07, 6.45) is 2.24. The molecule has 1 saturated carbocycles. The van der Waals surface area contributed by atoms with Crippen LogP contribution in [0.5, 0.6) is 0 Å². The van der Waals surface area contributed by atoms with Crippen molar-refractivity contribution in [3.05, 3.63) is 28.8 Å². The van der Waals surface area contributed by atoms with E-state index in [0.29, 0.717) is 24.0 Å². The minimum Gasteiger partial charge on any atom is -0.316 e. The molecule has 1 aliphatic rings. The van der Waals surface area contributed by atoms with Crippen LogP contribution in [0.15, 0.2) is 23.1 Å². The molecule has 0 heterocycles. The summed E-state index contributed by atoms with van der Waals surface area (Å²) in [6.45, 7) is 1.08. The highest BCUT2D eigenvalue weighted by atomic mass is 35.5. The summed E-state index contributed by atoms with van der Waals surface area (Å²) in [7, 11) is -1.61. The Morgan fingerprint density at radius 2 is 2.11 bits per heavy atom. The number of nitrogens with one attached hydrogen (secondary N) is 2. The van der Waals surface area contributed by atoms with Crippen LogP contribution in [0.25, 0.3) is 0 Å². The highest BCUT2D eigenvalue weighted by Gasteiger charge is 2.24. The molecule has 0 saturated heterocycles. The quantitative estimate of drug-likeness (QED) is 0.838. The molecule has 0 unspecified atom stereocenters. The zero-order valence-corrected chi connectivity index (χ0v) is 11.8. The van der Waals surface area contributed by atoms with Crippen LogP contribution in [-0.4, -0.2) is 22.0 Å². The first-order chi connectivity index (χ1) is 8.53. The van der Waals surface area contributed by atoms with Crippen molar-refractivity contribution in [3.8, 4) is 0 Å². The maximum Gasteiger partial charge on any atom is 0.240 e. The maximum absolute atomic E-state index is 12.1. The van der Waals surface area contributed by atoms with Crippen molar-refractivity contribution in [1.82, 2.24) is 10.0 Å². The van der Waals surface area contributed by atoms with E-state index in [9.17, 15) is 8.42 Å². The summed E-state index contributed by atoms with van der Waals surface area (Å²) in [5, 5.41) is 3.54. The van der Waals surface area contributed by atoms with Gasteiger partial charge in [0.2, 0.25) is 10.0 Å². The molecule has 2 N–H and O–H groups in total. The number of hydrogen-bond acceptors (Lipinski definition) is 3. The molecule has 1 aromatic carbocycles. The lowest BCUT2D eigenvalue weighted by molar-refractivity contribution is 0.577. The predicted molar refractivity (Wildman–Crippen MR) is 72.1 cm³/mol. The summed E-state index contributed by atoms with van der Waals surface area (Å²) in [5.74, 6) is 0.517. The van der Waals surface area contributed by atoms with Gasteiger partial charge in [0.05, 0.1) is 4.90 Å². The van der Waals surface area contributed by atoms with E-state index in [1.165, 1.54) is 6.07 Å². The van der Waals surface area contributed by atoms with E-state index in [-0.39, 0.29) is 4.90 Å². The maximum atomic E-state index is 12.1. The molecule has 6 heteroatoms. The standard InChI is InChI=1S/C12H17ClN2O2S/c1-14-8-10-6-11(4-5-12(10)13)18(16,17)15-7-9-2-3-9/h4-6,9,14-15H,2-3,7-8H2,1H3. The third-order valence-corrected chi connectivity index (χ3v) is 4.74. The van der Waals surface area contributed by atoms with E-state index in [4.69, 9.17) is 11.6 Å². The van der Waals surface area contributed by atoms with Crippen LogP contribution in [0, 0.1) is 5.92 Å². The summed E-state index contributed by atoms with van der Waals surface area (Å²) < 4.78 is 26.7. The molecule has 2 rings (SSSR count). The van der Waals surface area contributed by atoms with Crippen molar-refractivity contribution in [2.24, 2.45) is 5.92 Å². The predicted octanol–water partition coefficient (Wildman–Crippen LogP) is 1.75. The van der Waals surface area contributed by atoms with E-state index >= 15 is 0 Å². The van der Waals surface area contributed by atoms with Crippen molar-refractivity contribution in [2.45, 2.75) is 24.3 Å². The third-order valence-electron chi connectivity index (χ3n) is 2.95. The highest BCUT2D eigenvalue weighted by Crippen LogP contribution is 2.28. The van der Waals surface area contributed by atoms with Crippen molar-refractivity contribution in [2.75, 3.05) is 13.6 Å². The fraction of sp³-hybridized carbons (Fsp3) is 0.500. The number of benzene rings is 1. The number of halogens is 1. The van der Waals surface area contributed by atoms with Crippen LogP contribution in [0.2, 0.25) is 5.02 Å². The van der Waals surface area contributed by atoms with Crippen LogP contribution in [0.4, 0.5) is 0 Å². The van der Waals surface area contributed by atoms with Crippen molar-refractivity contribution < 1.29 is 8.42 Å². The molecule has 1 fully saturated rings. The normalized spacial score (nSPS) is 15.9. The second-order valence-corrected chi connectivity index (χ2v) is 6.75. The van der Waals surface area contributed by atoms with E-state index in [2.05, 4.69) is 10.0 Å². The first kappa shape index (κ1) is 13.8. The van der Waals surface area contributed by atoms with Gasteiger partial charge in [-0.1, -0.05) is 11.6 Å².